The summed E-state index contributed by atoms with van der Waals surface area (Å²) in [5, 5.41) is 1.07. The van der Waals surface area contributed by atoms with Crippen LogP contribution in [0, 0.1) is 13.8 Å². The number of ether oxygens (including phenoxy) is 1. The number of likely N-dealkylation sites (N-methyl/N-ethyl adjacent to an activating group) is 1. The van der Waals surface area contributed by atoms with Crippen LogP contribution in [0.2, 0.25) is 0 Å². The minimum Gasteiger partial charge on any atom is -0.492 e. The Morgan fingerprint density at radius 2 is 1.83 bits per heavy atom. The first kappa shape index (κ1) is 15.3. The zero-order valence-electron chi connectivity index (χ0n) is 13.8. The lowest BCUT2D eigenvalue weighted by Gasteiger charge is -2.20. The zero-order valence-corrected chi connectivity index (χ0v) is 13.8. The smallest absolute Gasteiger partial charge is 0.139 e. The molecule has 3 rings (SSSR count). The van der Waals surface area contributed by atoms with Gasteiger partial charge in [0.05, 0.1) is 12.1 Å². The van der Waals surface area contributed by atoms with Gasteiger partial charge < -0.3 is 9.64 Å². The zero-order chi connectivity index (χ0) is 16.2. The second-order valence-electron chi connectivity index (χ2n) is 5.80. The van der Waals surface area contributed by atoms with Gasteiger partial charge in [0.25, 0.3) is 0 Å². The third-order valence-corrected chi connectivity index (χ3v) is 3.82. The van der Waals surface area contributed by atoms with Crippen LogP contribution in [0.25, 0.3) is 10.9 Å². The predicted octanol–water partition coefficient (Wildman–Crippen LogP) is 3.76. The molecule has 0 bridgehead atoms. The van der Waals surface area contributed by atoms with Gasteiger partial charge in [0.1, 0.15) is 24.5 Å². The Kier molecular flexibility index (Phi) is 4.42. The number of anilines is 1. The van der Waals surface area contributed by atoms with E-state index < -0.39 is 0 Å². The maximum Gasteiger partial charge on any atom is 0.139 e. The molecule has 3 aromatic rings. The van der Waals surface area contributed by atoms with Crippen molar-refractivity contribution in [2.75, 3.05) is 25.1 Å². The summed E-state index contributed by atoms with van der Waals surface area (Å²) in [6, 6.07) is 14.3. The van der Waals surface area contributed by atoms with E-state index in [0.717, 1.165) is 29.0 Å². The van der Waals surface area contributed by atoms with E-state index in [0.29, 0.717) is 6.61 Å². The summed E-state index contributed by atoms with van der Waals surface area (Å²) < 4.78 is 5.83. The van der Waals surface area contributed by atoms with Gasteiger partial charge in [-0.15, -0.1) is 0 Å². The average Bonchev–Trinajstić information content (AvgIpc) is 2.54. The fraction of sp³-hybridized carbons (Fsp3) is 0.263. The molecule has 0 saturated carbocycles. The third-order valence-electron chi connectivity index (χ3n) is 3.82. The van der Waals surface area contributed by atoms with Gasteiger partial charge >= 0.3 is 0 Å². The lowest BCUT2D eigenvalue weighted by atomic mass is 10.1. The highest BCUT2D eigenvalue weighted by atomic mass is 16.5. The molecular formula is C19H21N3O. The first-order valence-electron chi connectivity index (χ1n) is 7.75. The molecule has 0 fully saturated rings. The molecule has 0 radical (unpaired) electrons. The van der Waals surface area contributed by atoms with Gasteiger partial charge in [-0.2, -0.15) is 0 Å². The second-order valence-corrected chi connectivity index (χ2v) is 5.80. The van der Waals surface area contributed by atoms with Crippen molar-refractivity contribution in [1.82, 2.24) is 9.97 Å². The third kappa shape index (κ3) is 3.59. The number of rotatable bonds is 5. The van der Waals surface area contributed by atoms with Crippen molar-refractivity contribution in [2.24, 2.45) is 0 Å². The monoisotopic (exact) mass is 307 g/mol. The highest BCUT2D eigenvalue weighted by Gasteiger charge is 2.09. The molecule has 0 aliphatic heterocycles. The molecule has 0 N–H and O–H groups in total. The number of aryl methyl sites for hydroxylation is 2. The van der Waals surface area contributed by atoms with E-state index in [2.05, 4.69) is 46.9 Å². The molecule has 0 saturated heterocycles. The first-order valence-corrected chi connectivity index (χ1v) is 7.75. The van der Waals surface area contributed by atoms with E-state index in [-0.39, 0.29) is 0 Å². The largest absolute Gasteiger partial charge is 0.492 e. The Bertz CT molecular complexity index is 817. The van der Waals surface area contributed by atoms with Crippen LogP contribution in [-0.4, -0.2) is 30.2 Å². The highest BCUT2D eigenvalue weighted by molar-refractivity contribution is 5.89. The van der Waals surface area contributed by atoms with Crippen LogP contribution < -0.4 is 9.64 Å². The van der Waals surface area contributed by atoms with Gasteiger partial charge in [-0.3, -0.25) is 0 Å². The van der Waals surface area contributed by atoms with Gasteiger partial charge in [-0.1, -0.05) is 23.8 Å². The Hall–Kier alpha value is -2.62. The first-order chi connectivity index (χ1) is 11.1. The Balaban J connectivity index is 1.71. The van der Waals surface area contributed by atoms with Crippen LogP contribution in [0.15, 0.2) is 48.8 Å². The number of hydrogen-bond donors (Lipinski definition) is 0. The number of hydrogen-bond acceptors (Lipinski definition) is 4. The number of aromatic nitrogens is 2. The van der Waals surface area contributed by atoms with Gasteiger partial charge in [0.15, 0.2) is 0 Å². The SMILES string of the molecule is Cc1cccc(OCCN(C)c2ncnc3ccc(C)cc23)c1. The van der Waals surface area contributed by atoms with Crippen molar-refractivity contribution in [2.45, 2.75) is 13.8 Å². The summed E-state index contributed by atoms with van der Waals surface area (Å²) in [5.74, 6) is 1.84. The van der Waals surface area contributed by atoms with E-state index in [1.807, 2.05) is 31.3 Å². The molecule has 23 heavy (non-hydrogen) atoms. The minimum absolute atomic E-state index is 0.608. The van der Waals surface area contributed by atoms with E-state index >= 15 is 0 Å². The summed E-state index contributed by atoms with van der Waals surface area (Å²) in [5.41, 5.74) is 3.37. The van der Waals surface area contributed by atoms with Crippen molar-refractivity contribution < 1.29 is 4.74 Å². The standard InChI is InChI=1S/C19H21N3O/c1-14-5-4-6-16(11-14)23-10-9-22(3)19-17-12-15(2)7-8-18(17)20-13-21-19/h4-8,11-13H,9-10H2,1-3H3. The van der Waals surface area contributed by atoms with Gasteiger partial charge in [0, 0.05) is 12.4 Å². The number of benzene rings is 2. The van der Waals surface area contributed by atoms with E-state index in [9.17, 15) is 0 Å². The van der Waals surface area contributed by atoms with Crippen LogP contribution in [0.3, 0.4) is 0 Å². The van der Waals surface area contributed by atoms with E-state index in [4.69, 9.17) is 4.74 Å². The molecule has 0 amide bonds. The van der Waals surface area contributed by atoms with E-state index in [1.165, 1.54) is 11.1 Å². The number of nitrogens with zero attached hydrogens (tertiary/aromatic N) is 3. The summed E-state index contributed by atoms with van der Waals surface area (Å²) in [6.07, 6.45) is 1.62. The fourth-order valence-electron chi connectivity index (χ4n) is 2.57. The molecule has 0 unspecified atom stereocenters. The molecule has 118 valence electrons. The van der Waals surface area contributed by atoms with Crippen LogP contribution in [-0.2, 0) is 0 Å². The van der Waals surface area contributed by atoms with Crippen molar-refractivity contribution in [3.63, 3.8) is 0 Å². The molecule has 1 heterocycles. The Morgan fingerprint density at radius 1 is 1.00 bits per heavy atom. The molecule has 0 spiro atoms. The minimum atomic E-state index is 0.608. The quantitative estimate of drug-likeness (QED) is 0.719. The van der Waals surface area contributed by atoms with E-state index in [1.54, 1.807) is 6.33 Å². The Morgan fingerprint density at radius 3 is 2.65 bits per heavy atom. The maximum absolute atomic E-state index is 5.83. The fourth-order valence-corrected chi connectivity index (χ4v) is 2.57. The summed E-state index contributed by atoms with van der Waals surface area (Å²) in [4.78, 5) is 10.9. The Labute approximate surface area is 136 Å². The van der Waals surface area contributed by atoms with Gasteiger partial charge in [-0.05, 0) is 43.7 Å². The van der Waals surface area contributed by atoms with Crippen molar-refractivity contribution >= 4 is 16.7 Å². The molecule has 1 aromatic heterocycles. The lowest BCUT2D eigenvalue weighted by molar-refractivity contribution is 0.325. The molecule has 0 aliphatic rings. The van der Waals surface area contributed by atoms with Gasteiger partial charge in [0.2, 0.25) is 0 Å². The molecule has 4 heteroatoms. The maximum atomic E-state index is 5.83. The molecule has 0 aliphatic carbocycles. The highest BCUT2D eigenvalue weighted by Crippen LogP contribution is 2.23. The molecule has 4 nitrogen and oxygen atoms in total. The van der Waals surface area contributed by atoms with Crippen LogP contribution >= 0.6 is 0 Å². The lowest BCUT2D eigenvalue weighted by Crippen LogP contribution is -2.25. The molecule has 0 atom stereocenters. The van der Waals surface area contributed by atoms with Crippen LogP contribution in [0.5, 0.6) is 5.75 Å². The van der Waals surface area contributed by atoms with Crippen LogP contribution in [0.1, 0.15) is 11.1 Å². The molecule has 2 aromatic carbocycles. The van der Waals surface area contributed by atoms with Gasteiger partial charge in [-0.25, -0.2) is 9.97 Å². The van der Waals surface area contributed by atoms with Crippen molar-refractivity contribution in [3.05, 3.63) is 59.9 Å². The normalized spacial score (nSPS) is 10.7. The van der Waals surface area contributed by atoms with Crippen molar-refractivity contribution in [1.29, 1.82) is 0 Å². The summed E-state index contributed by atoms with van der Waals surface area (Å²) >= 11 is 0. The summed E-state index contributed by atoms with van der Waals surface area (Å²) in [6.45, 7) is 5.51. The second kappa shape index (κ2) is 6.65. The van der Waals surface area contributed by atoms with Crippen LogP contribution in [0.4, 0.5) is 5.82 Å². The van der Waals surface area contributed by atoms with Crippen molar-refractivity contribution in [3.8, 4) is 5.75 Å². The predicted molar refractivity (Wildman–Crippen MR) is 94.2 cm³/mol. The summed E-state index contributed by atoms with van der Waals surface area (Å²) in [7, 11) is 2.03. The molecular weight excluding hydrogens is 286 g/mol. The average molecular weight is 307 g/mol. The topological polar surface area (TPSA) is 38.2 Å². The number of fused-ring (bicyclic) bond motifs is 1.